The minimum absolute atomic E-state index is 0.0212. The summed E-state index contributed by atoms with van der Waals surface area (Å²) in [7, 11) is 1.26. The van der Waals surface area contributed by atoms with Crippen LogP contribution in [0.4, 0.5) is 18.9 Å². The lowest BCUT2D eigenvalue weighted by Crippen LogP contribution is -2.38. The molecule has 10 nitrogen and oxygen atoms in total. The number of alkyl halides is 3. The summed E-state index contributed by atoms with van der Waals surface area (Å²) in [5, 5.41) is 15.8. The number of H-pyrrole nitrogens is 1. The Balaban J connectivity index is 1.90. The van der Waals surface area contributed by atoms with Crippen LogP contribution < -0.4 is 11.2 Å². The number of nitrogens with zero attached hydrogens (tertiary/aromatic N) is 4. The highest BCUT2D eigenvalue weighted by Gasteiger charge is 2.33. The summed E-state index contributed by atoms with van der Waals surface area (Å²) in [6.07, 6.45) is -1.58. The molecule has 2 heterocycles. The summed E-state index contributed by atoms with van der Waals surface area (Å²) in [5.41, 5.74) is -3.16. The number of benzene rings is 1. The van der Waals surface area contributed by atoms with Crippen molar-refractivity contribution in [2.75, 3.05) is 7.11 Å². The van der Waals surface area contributed by atoms with Crippen LogP contribution in [-0.2, 0) is 30.4 Å². The van der Waals surface area contributed by atoms with Crippen molar-refractivity contribution in [1.82, 2.24) is 19.3 Å². The molecule has 1 unspecified atom stereocenters. The number of hydrogen-bond donors (Lipinski definition) is 1. The van der Waals surface area contributed by atoms with Crippen LogP contribution in [0.3, 0.4) is 0 Å². The maximum absolute atomic E-state index is 13.3. The van der Waals surface area contributed by atoms with Crippen molar-refractivity contribution in [1.29, 1.82) is 0 Å². The van der Waals surface area contributed by atoms with Gasteiger partial charge in [-0.05, 0) is 23.6 Å². The zero-order chi connectivity index (χ0) is 25.8. The van der Waals surface area contributed by atoms with Crippen molar-refractivity contribution in [3.05, 3.63) is 90.0 Å². The SMILES string of the molecule is CCCCn1c(=O)[nH]c(C(Cc2cnn(Cc3ccccc3C(F)(F)F)c2)OC)c([N+](=O)[O-])c1=O. The summed E-state index contributed by atoms with van der Waals surface area (Å²) in [6, 6.07) is 5.13. The molecule has 0 aliphatic rings. The second-order valence-corrected chi connectivity index (χ2v) is 7.89. The number of rotatable bonds is 10. The van der Waals surface area contributed by atoms with E-state index in [4.69, 9.17) is 4.74 Å². The average molecular weight is 495 g/mol. The van der Waals surface area contributed by atoms with E-state index in [1.807, 2.05) is 6.92 Å². The fraction of sp³-hybridized carbons (Fsp3) is 0.409. The molecule has 1 N–H and O–H groups in total. The minimum atomic E-state index is -4.52. The number of unbranched alkanes of at least 4 members (excludes halogenated alkanes) is 1. The molecule has 0 bridgehead atoms. The molecule has 1 aromatic carbocycles. The van der Waals surface area contributed by atoms with Gasteiger partial charge in [0.05, 0.1) is 23.2 Å². The smallest absolute Gasteiger partial charge is 0.375 e. The van der Waals surface area contributed by atoms with E-state index in [1.54, 1.807) is 0 Å². The first-order chi connectivity index (χ1) is 16.6. The number of aromatic amines is 1. The third kappa shape index (κ3) is 5.85. The highest BCUT2D eigenvalue weighted by atomic mass is 19.4. The van der Waals surface area contributed by atoms with Crippen molar-refractivity contribution < 1.29 is 22.8 Å². The van der Waals surface area contributed by atoms with Gasteiger partial charge < -0.3 is 9.72 Å². The van der Waals surface area contributed by atoms with Crippen LogP contribution in [0.2, 0.25) is 0 Å². The number of methoxy groups -OCH3 is 1. The maximum Gasteiger partial charge on any atom is 0.416 e. The Hall–Kier alpha value is -3.74. The van der Waals surface area contributed by atoms with Gasteiger partial charge in [0.2, 0.25) is 0 Å². The zero-order valence-electron chi connectivity index (χ0n) is 19.0. The van der Waals surface area contributed by atoms with Crippen molar-refractivity contribution in [3.63, 3.8) is 0 Å². The third-order valence-electron chi connectivity index (χ3n) is 5.48. The van der Waals surface area contributed by atoms with Crippen LogP contribution in [0.25, 0.3) is 0 Å². The van der Waals surface area contributed by atoms with Crippen molar-refractivity contribution >= 4 is 5.69 Å². The standard InChI is InChI=1S/C22H24F3N5O5/c1-3-4-9-29-20(31)19(30(33)34)18(27-21(29)32)17(35-2)10-14-11-26-28(12-14)13-15-7-5-6-8-16(15)22(23,24)25/h5-8,11-12,17H,3-4,9-10,13H2,1-2H3,(H,27,32). The summed E-state index contributed by atoms with van der Waals surface area (Å²) in [6.45, 7) is 1.73. The van der Waals surface area contributed by atoms with Gasteiger partial charge in [0, 0.05) is 26.3 Å². The first kappa shape index (κ1) is 25.9. The van der Waals surface area contributed by atoms with E-state index in [0.717, 1.165) is 10.6 Å². The molecular formula is C22H24F3N5O5. The molecule has 0 aliphatic heterocycles. The van der Waals surface area contributed by atoms with Gasteiger partial charge in [-0.2, -0.15) is 18.3 Å². The van der Waals surface area contributed by atoms with E-state index >= 15 is 0 Å². The molecule has 0 spiro atoms. The van der Waals surface area contributed by atoms with E-state index in [-0.39, 0.29) is 30.8 Å². The molecule has 0 radical (unpaired) electrons. The topological polar surface area (TPSA) is 125 Å². The van der Waals surface area contributed by atoms with Gasteiger partial charge in [0.25, 0.3) is 0 Å². The molecule has 3 rings (SSSR count). The predicted octanol–water partition coefficient (Wildman–Crippen LogP) is 3.44. The number of ether oxygens (including phenoxy) is 1. The first-order valence-electron chi connectivity index (χ1n) is 10.8. The summed E-state index contributed by atoms with van der Waals surface area (Å²) >= 11 is 0. The van der Waals surface area contributed by atoms with E-state index in [9.17, 15) is 32.9 Å². The molecule has 0 saturated carbocycles. The van der Waals surface area contributed by atoms with Gasteiger partial charge in [0.1, 0.15) is 11.8 Å². The molecule has 0 fully saturated rings. The Morgan fingerprint density at radius 3 is 2.60 bits per heavy atom. The van der Waals surface area contributed by atoms with Gasteiger partial charge in [-0.15, -0.1) is 0 Å². The number of aromatic nitrogens is 4. The maximum atomic E-state index is 13.3. The first-order valence-corrected chi connectivity index (χ1v) is 10.8. The van der Waals surface area contributed by atoms with Gasteiger partial charge in [-0.25, -0.2) is 4.79 Å². The molecule has 35 heavy (non-hydrogen) atoms. The molecule has 13 heteroatoms. The van der Waals surface area contributed by atoms with Crippen LogP contribution in [-0.4, -0.2) is 31.4 Å². The van der Waals surface area contributed by atoms with Crippen molar-refractivity contribution in [3.8, 4) is 0 Å². The van der Waals surface area contributed by atoms with Gasteiger partial charge in [0.15, 0.2) is 0 Å². The second-order valence-electron chi connectivity index (χ2n) is 7.89. The molecule has 0 amide bonds. The number of nitrogens with one attached hydrogen (secondary N) is 1. The van der Waals surface area contributed by atoms with Crippen LogP contribution in [0.5, 0.6) is 0 Å². The van der Waals surface area contributed by atoms with Gasteiger partial charge in [-0.3, -0.25) is 24.2 Å². The van der Waals surface area contributed by atoms with Gasteiger partial charge >= 0.3 is 23.1 Å². The van der Waals surface area contributed by atoms with E-state index in [2.05, 4.69) is 10.1 Å². The monoisotopic (exact) mass is 495 g/mol. The van der Waals surface area contributed by atoms with E-state index < -0.39 is 39.7 Å². The number of hydrogen-bond acceptors (Lipinski definition) is 6. The molecular weight excluding hydrogens is 471 g/mol. The quantitative estimate of drug-likeness (QED) is 0.339. The fourth-order valence-corrected chi connectivity index (χ4v) is 3.73. The molecule has 2 aromatic heterocycles. The highest BCUT2D eigenvalue weighted by molar-refractivity contribution is 5.35. The molecule has 0 aliphatic carbocycles. The van der Waals surface area contributed by atoms with Crippen LogP contribution in [0.15, 0.2) is 46.2 Å². The summed E-state index contributed by atoms with van der Waals surface area (Å²) in [4.78, 5) is 38.4. The Morgan fingerprint density at radius 1 is 1.26 bits per heavy atom. The molecule has 1 atom stereocenters. The normalized spacial score (nSPS) is 12.6. The van der Waals surface area contributed by atoms with Crippen LogP contribution >= 0.6 is 0 Å². The largest absolute Gasteiger partial charge is 0.416 e. The van der Waals surface area contributed by atoms with Gasteiger partial charge in [-0.1, -0.05) is 31.5 Å². The lowest BCUT2D eigenvalue weighted by Gasteiger charge is -2.15. The highest BCUT2D eigenvalue weighted by Crippen LogP contribution is 2.32. The lowest BCUT2D eigenvalue weighted by molar-refractivity contribution is -0.388. The third-order valence-corrected chi connectivity index (χ3v) is 5.48. The molecule has 0 saturated heterocycles. The average Bonchev–Trinajstić information content (AvgIpc) is 3.23. The van der Waals surface area contributed by atoms with Crippen molar-refractivity contribution in [2.24, 2.45) is 0 Å². The zero-order valence-corrected chi connectivity index (χ0v) is 19.0. The minimum Gasteiger partial charge on any atom is -0.375 e. The summed E-state index contributed by atoms with van der Waals surface area (Å²) < 4.78 is 47.2. The molecule has 188 valence electrons. The van der Waals surface area contributed by atoms with E-state index in [1.165, 1.54) is 42.4 Å². The Bertz CT molecular complexity index is 1310. The lowest BCUT2D eigenvalue weighted by atomic mass is 10.1. The molecule has 3 aromatic rings. The predicted molar refractivity (Wildman–Crippen MR) is 119 cm³/mol. The van der Waals surface area contributed by atoms with Crippen LogP contribution in [0, 0.1) is 10.1 Å². The Labute approximate surface area is 197 Å². The number of nitro groups is 1. The summed E-state index contributed by atoms with van der Waals surface area (Å²) in [5.74, 6) is 0. The fourth-order valence-electron chi connectivity index (χ4n) is 3.73. The van der Waals surface area contributed by atoms with Crippen molar-refractivity contribution in [2.45, 2.75) is 51.6 Å². The van der Waals surface area contributed by atoms with E-state index in [0.29, 0.717) is 18.4 Å². The second kappa shape index (κ2) is 10.7. The van der Waals surface area contributed by atoms with Crippen LogP contribution in [0.1, 0.15) is 48.3 Å². The Morgan fingerprint density at radius 2 is 1.97 bits per heavy atom. The Kier molecular flexibility index (Phi) is 7.89. The number of halogens is 3.